The van der Waals surface area contributed by atoms with Crippen molar-refractivity contribution in [3.05, 3.63) is 53.0 Å². The Morgan fingerprint density at radius 2 is 2.07 bits per heavy atom. The van der Waals surface area contributed by atoms with E-state index in [1.807, 2.05) is 6.07 Å². The minimum atomic E-state index is -1.13. The number of carboxylic acid groups (broad SMARTS) is 1. The molecule has 1 fully saturated rings. The maximum Gasteiger partial charge on any atom is 0.339 e. The first-order valence-corrected chi connectivity index (χ1v) is 9.13. The summed E-state index contributed by atoms with van der Waals surface area (Å²) in [6.45, 7) is 2.55. The SMILES string of the molecule is CCc1oc(C(=O)NCc2cccc(NC(=O)C3CCCO3)c2)cc1C(=O)O. The van der Waals surface area contributed by atoms with Gasteiger partial charge in [-0.25, -0.2) is 4.79 Å². The molecule has 0 spiro atoms. The van der Waals surface area contributed by atoms with E-state index >= 15 is 0 Å². The summed E-state index contributed by atoms with van der Waals surface area (Å²) < 4.78 is 10.7. The fourth-order valence-corrected chi connectivity index (χ4v) is 3.02. The zero-order chi connectivity index (χ0) is 20.1. The molecule has 8 heteroatoms. The van der Waals surface area contributed by atoms with Gasteiger partial charge in [-0.3, -0.25) is 9.59 Å². The van der Waals surface area contributed by atoms with Crippen LogP contribution in [-0.4, -0.2) is 35.6 Å². The zero-order valence-corrected chi connectivity index (χ0v) is 15.5. The van der Waals surface area contributed by atoms with E-state index in [0.29, 0.717) is 25.1 Å². The van der Waals surface area contributed by atoms with Gasteiger partial charge in [-0.15, -0.1) is 0 Å². The molecule has 0 bridgehead atoms. The van der Waals surface area contributed by atoms with Crippen LogP contribution in [0.5, 0.6) is 0 Å². The molecule has 1 aromatic heterocycles. The number of hydrogen-bond acceptors (Lipinski definition) is 5. The average Bonchev–Trinajstić information content (AvgIpc) is 3.36. The Kier molecular flexibility index (Phi) is 6.10. The lowest BCUT2D eigenvalue weighted by atomic mass is 10.1. The van der Waals surface area contributed by atoms with E-state index in [1.165, 1.54) is 6.07 Å². The Morgan fingerprint density at radius 3 is 2.71 bits per heavy atom. The normalized spacial score (nSPS) is 16.0. The molecule has 1 saturated heterocycles. The number of rotatable bonds is 7. The zero-order valence-electron chi connectivity index (χ0n) is 15.5. The van der Waals surface area contributed by atoms with Crippen molar-refractivity contribution in [3.8, 4) is 0 Å². The number of anilines is 1. The Hall–Kier alpha value is -3.13. The highest BCUT2D eigenvalue weighted by atomic mass is 16.5. The Balaban J connectivity index is 1.60. The summed E-state index contributed by atoms with van der Waals surface area (Å²) in [6, 6.07) is 8.34. The summed E-state index contributed by atoms with van der Waals surface area (Å²) in [5.74, 6) is -1.60. The van der Waals surface area contributed by atoms with Gasteiger partial charge in [0.2, 0.25) is 0 Å². The molecule has 8 nitrogen and oxygen atoms in total. The molecule has 1 aliphatic heterocycles. The van der Waals surface area contributed by atoms with Crippen molar-refractivity contribution < 1.29 is 28.6 Å². The van der Waals surface area contributed by atoms with Crippen LogP contribution in [0.2, 0.25) is 0 Å². The molecule has 3 N–H and O–H groups in total. The number of amides is 2. The second kappa shape index (κ2) is 8.71. The minimum Gasteiger partial charge on any atom is -0.478 e. The average molecular weight is 386 g/mol. The van der Waals surface area contributed by atoms with Crippen LogP contribution in [0.1, 0.15) is 52.0 Å². The highest BCUT2D eigenvalue weighted by molar-refractivity contribution is 5.96. The van der Waals surface area contributed by atoms with E-state index in [4.69, 9.17) is 14.3 Å². The molecule has 0 radical (unpaired) electrons. The van der Waals surface area contributed by atoms with Gasteiger partial charge in [0.05, 0.1) is 0 Å². The molecule has 2 heterocycles. The fraction of sp³-hybridized carbons (Fsp3) is 0.350. The van der Waals surface area contributed by atoms with Gasteiger partial charge in [-0.05, 0) is 30.5 Å². The number of carboxylic acids is 1. The molecule has 1 unspecified atom stereocenters. The summed E-state index contributed by atoms with van der Waals surface area (Å²) in [4.78, 5) is 35.6. The van der Waals surface area contributed by atoms with Gasteiger partial charge >= 0.3 is 5.97 Å². The van der Waals surface area contributed by atoms with Crippen LogP contribution in [0.3, 0.4) is 0 Å². The molecule has 1 aliphatic rings. The number of aromatic carboxylic acids is 1. The van der Waals surface area contributed by atoms with Crippen molar-refractivity contribution >= 4 is 23.5 Å². The third-order valence-electron chi connectivity index (χ3n) is 4.45. The standard InChI is InChI=1S/C20H22N2O6/c1-2-15-14(20(25)26)10-17(28-15)18(23)21-11-12-5-3-6-13(9-12)22-19(24)16-7-4-8-27-16/h3,5-6,9-10,16H,2,4,7-8,11H2,1H3,(H,21,23)(H,22,24)(H,25,26). The number of benzene rings is 1. The van der Waals surface area contributed by atoms with E-state index in [9.17, 15) is 14.4 Å². The van der Waals surface area contributed by atoms with E-state index in [-0.39, 0.29) is 29.5 Å². The minimum absolute atomic E-state index is 0.00788. The summed E-state index contributed by atoms with van der Waals surface area (Å²) in [7, 11) is 0. The second-order valence-corrected chi connectivity index (χ2v) is 6.48. The van der Waals surface area contributed by atoms with Gasteiger partial charge in [-0.1, -0.05) is 19.1 Å². The summed E-state index contributed by atoms with van der Waals surface area (Å²) in [5, 5.41) is 14.7. The maximum absolute atomic E-state index is 12.3. The molecular weight excluding hydrogens is 364 g/mol. The van der Waals surface area contributed by atoms with Crippen molar-refractivity contribution in [2.45, 2.75) is 38.8 Å². The van der Waals surface area contributed by atoms with Gasteiger partial charge in [0, 0.05) is 31.3 Å². The van der Waals surface area contributed by atoms with Crippen molar-refractivity contribution in [2.24, 2.45) is 0 Å². The number of ether oxygens (including phenoxy) is 1. The molecule has 28 heavy (non-hydrogen) atoms. The molecular formula is C20H22N2O6. The van der Waals surface area contributed by atoms with Crippen molar-refractivity contribution in [1.29, 1.82) is 0 Å². The highest BCUT2D eigenvalue weighted by Crippen LogP contribution is 2.18. The number of carbonyl (C=O) groups is 3. The quantitative estimate of drug-likeness (QED) is 0.673. The lowest BCUT2D eigenvalue weighted by Crippen LogP contribution is -2.27. The van der Waals surface area contributed by atoms with Crippen molar-refractivity contribution in [2.75, 3.05) is 11.9 Å². The third-order valence-corrected chi connectivity index (χ3v) is 4.45. The Morgan fingerprint density at radius 1 is 1.25 bits per heavy atom. The number of aryl methyl sites for hydroxylation is 1. The topological polar surface area (TPSA) is 118 Å². The largest absolute Gasteiger partial charge is 0.478 e. The number of hydrogen-bond donors (Lipinski definition) is 3. The first-order valence-electron chi connectivity index (χ1n) is 9.13. The first kappa shape index (κ1) is 19.6. The monoisotopic (exact) mass is 386 g/mol. The molecule has 0 saturated carbocycles. The Labute approximate surface area is 161 Å². The predicted molar refractivity (Wildman–Crippen MR) is 100 cm³/mol. The number of carbonyl (C=O) groups excluding carboxylic acids is 2. The third kappa shape index (κ3) is 4.58. The van der Waals surface area contributed by atoms with Gasteiger partial charge in [0.1, 0.15) is 17.4 Å². The summed E-state index contributed by atoms with van der Waals surface area (Å²) in [5.41, 5.74) is 1.39. The summed E-state index contributed by atoms with van der Waals surface area (Å²) >= 11 is 0. The van der Waals surface area contributed by atoms with Crippen LogP contribution in [0.4, 0.5) is 5.69 Å². The van der Waals surface area contributed by atoms with Crippen LogP contribution in [-0.2, 0) is 22.5 Å². The van der Waals surface area contributed by atoms with Crippen molar-refractivity contribution in [3.63, 3.8) is 0 Å². The molecule has 1 atom stereocenters. The fourth-order valence-electron chi connectivity index (χ4n) is 3.02. The van der Waals surface area contributed by atoms with Gasteiger partial charge < -0.3 is 24.9 Å². The smallest absolute Gasteiger partial charge is 0.339 e. The van der Waals surface area contributed by atoms with E-state index in [2.05, 4.69) is 10.6 Å². The molecule has 1 aromatic carbocycles. The van der Waals surface area contributed by atoms with E-state index in [0.717, 1.165) is 12.0 Å². The van der Waals surface area contributed by atoms with Crippen molar-refractivity contribution in [1.82, 2.24) is 5.32 Å². The predicted octanol–water partition coefficient (Wildman–Crippen LogP) is 2.59. The molecule has 148 valence electrons. The second-order valence-electron chi connectivity index (χ2n) is 6.48. The maximum atomic E-state index is 12.3. The summed E-state index contributed by atoms with van der Waals surface area (Å²) in [6.07, 6.45) is 1.54. The highest BCUT2D eigenvalue weighted by Gasteiger charge is 2.23. The van der Waals surface area contributed by atoms with Gasteiger partial charge in [0.15, 0.2) is 5.76 Å². The molecule has 3 rings (SSSR count). The lowest BCUT2D eigenvalue weighted by Gasteiger charge is -2.11. The molecule has 0 aliphatic carbocycles. The van der Waals surface area contributed by atoms with Crippen LogP contribution in [0.15, 0.2) is 34.7 Å². The van der Waals surface area contributed by atoms with Crippen LogP contribution in [0.25, 0.3) is 0 Å². The number of furan rings is 1. The van der Waals surface area contributed by atoms with Crippen LogP contribution in [0, 0.1) is 0 Å². The van der Waals surface area contributed by atoms with E-state index < -0.39 is 18.0 Å². The lowest BCUT2D eigenvalue weighted by molar-refractivity contribution is -0.124. The van der Waals surface area contributed by atoms with Gasteiger partial charge in [-0.2, -0.15) is 0 Å². The van der Waals surface area contributed by atoms with E-state index in [1.54, 1.807) is 25.1 Å². The number of nitrogens with one attached hydrogen (secondary N) is 2. The van der Waals surface area contributed by atoms with Crippen LogP contribution < -0.4 is 10.6 Å². The molecule has 2 amide bonds. The van der Waals surface area contributed by atoms with Crippen LogP contribution >= 0.6 is 0 Å². The molecule has 2 aromatic rings. The first-order chi connectivity index (χ1) is 13.5. The Bertz CT molecular complexity index is 883. The van der Waals surface area contributed by atoms with Gasteiger partial charge in [0.25, 0.3) is 11.8 Å².